The Morgan fingerprint density at radius 1 is 1.12 bits per heavy atom. The van der Waals surface area contributed by atoms with Crippen LogP contribution in [0.2, 0.25) is 0 Å². The average Bonchev–Trinajstić information content (AvgIpc) is 2.12. The molecule has 0 aromatic rings. The number of carboxylic acids is 1. The third-order valence-electron chi connectivity index (χ3n) is 3.64. The van der Waals surface area contributed by atoms with E-state index in [4.69, 9.17) is 9.84 Å². The molecule has 1 saturated heterocycles. The molecule has 4 atom stereocenters. The van der Waals surface area contributed by atoms with Crippen LogP contribution in [0.5, 0.6) is 0 Å². The monoisotopic (exact) mass is 241 g/mol. The fourth-order valence-electron chi connectivity index (χ4n) is 2.68. The molecule has 0 radical (unpaired) electrons. The van der Waals surface area contributed by atoms with Gasteiger partial charge in [0.25, 0.3) is 0 Å². The number of amides is 1. The van der Waals surface area contributed by atoms with E-state index in [0.717, 1.165) is 0 Å². The van der Waals surface area contributed by atoms with E-state index in [0.29, 0.717) is 25.9 Å². The van der Waals surface area contributed by atoms with Crippen molar-refractivity contribution in [3.63, 3.8) is 0 Å². The Labute approximate surface area is 101 Å². The highest BCUT2D eigenvalue weighted by molar-refractivity contribution is 5.86. The van der Waals surface area contributed by atoms with Gasteiger partial charge in [-0.1, -0.05) is 0 Å². The molecule has 1 N–H and O–H groups in total. The Hall–Kier alpha value is -1.10. The van der Waals surface area contributed by atoms with E-state index in [2.05, 4.69) is 0 Å². The van der Waals surface area contributed by atoms with Gasteiger partial charge in [-0.3, -0.25) is 9.59 Å². The van der Waals surface area contributed by atoms with Crippen molar-refractivity contribution in [1.82, 2.24) is 4.90 Å². The minimum Gasteiger partial charge on any atom is -0.481 e. The summed E-state index contributed by atoms with van der Waals surface area (Å²) < 4.78 is 5.56. The van der Waals surface area contributed by atoms with Crippen molar-refractivity contribution in [3.05, 3.63) is 0 Å². The molecule has 5 heteroatoms. The lowest BCUT2D eigenvalue weighted by atomic mass is 9.73. The zero-order valence-corrected chi connectivity index (χ0v) is 10.3. The molecule has 2 rings (SSSR count). The molecule has 5 nitrogen and oxygen atoms in total. The van der Waals surface area contributed by atoms with Crippen molar-refractivity contribution in [3.8, 4) is 0 Å². The second kappa shape index (κ2) is 4.64. The molecule has 1 saturated carbocycles. The molecule has 17 heavy (non-hydrogen) atoms. The van der Waals surface area contributed by atoms with Gasteiger partial charge in [0.1, 0.15) is 0 Å². The maximum Gasteiger partial charge on any atom is 0.307 e. The van der Waals surface area contributed by atoms with E-state index in [9.17, 15) is 9.59 Å². The molecule has 96 valence electrons. The Bertz CT molecular complexity index is 320. The number of nitrogens with zero attached hydrogens (tertiary/aromatic N) is 1. The highest BCUT2D eigenvalue weighted by Crippen LogP contribution is 2.36. The molecule has 2 aliphatic rings. The van der Waals surface area contributed by atoms with E-state index in [1.54, 1.807) is 4.90 Å². The molecule has 2 fully saturated rings. The molecule has 1 amide bonds. The Kier molecular flexibility index (Phi) is 3.38. The fraction of sp³-hybridized carbons (Fsp3) is 0.833. The molecular weight excluding hydrogens is 222 g/mol. The van der Waals surface area contributed by atoms with Crippen molar-refractivity contribution in [1.29, 1.82) is 0 Å². The summed E-state index contributed by atoms with van der Waals surface area (Å²) in [6.07, 6.45) is 1.40. The van der Waals surface area contributed by atoms with Gasteiger partial charge in [0.05, 0.1) is 24.0 Å². The standard InChI is InChI=1S/C12H19NO4/c1-7-5-13(6-8(2)17-7)11(14)9-3-4-10(9)12(15)16/h7-10H,3-6H2,1-2H3,(H,15,16)/t7-,8+,9?,10?. The molecule has 0 aromatic heterocycles. The van der Waals surface area contributed by atoms with E-state index in [-0.39, 0.29) is 24.0 Å². The number of carbonyl (C=O) groups is 2. The zero-order chi connectivity index (χ0) is 12.6. The molecule has 0 spiro atoms. The van der Waals surface area contributed by atoms with Crippen molar-refractivity contribution >= 4 is 11.9 Å². The van der Waals surface area contributed by atoms with Gasteiger partial charge >= 0.3 is 5.97 Å². The fourth-order valence-corrected chi connectivity index (χ4v) is 2.68. The van der Waals surface area contributed by atoms with E-state index in [1.807, 2.05) is 13.8 Å². The number of carboxylic acid groups (broad SMARTS) is 1. The van der Waals surface area contributed by atoms with Gasteiger partial charge in [-0.2, -0.15) is 0 Å². The number of aliphatic carboxylic acids is 1. The zero-order valence-electron chi connectivity index (χ0n) is 10.3. The molecule has 0 aromatic carbocycles. The third-order valence-corrected chi connectivity index (χ3v) is 3.64. The van der Waals surface area contributed by atoms with Crippen LogP contribution in [0.4, 0.5) is 0 Å². The number of hydrogen-bond donors (Lipinski definition) is 1. The van der Waals surface area contributed by atoms with E-state index < -0.39 is 11.9 Å². The Morgan fingerprint density at radius 3 is 2.06 bits per heavy atom. The molecule has 1 aliphatic carbocycles. The van der Waals surface area contributed by atoms with Crippen LogP contribution >= 0.6 is 0 Å². The highest BCUT2D eigenvalue weighted by Gasteiger charge is 2.44. The SMILES string of the molecule is C[C@@H]1CN(C(=O)C2CCC2C(=O)O)C[C@H](C)O1. The van der Waals surface area contributed by atoms with Gasteiger partial charge < -0.3 is 14.7 Å². The van der Waals surface area contributed by atoms with Crippen LogP contribution in [0.1, 0.15) is 26.7 Å². The molecule has 1 aliphatic heterocycles. The van der Waals surface area contributed by atoms with Crippen LogP contribution in [0.15, 0.2) is 0 Å². The predicted molar refractivity (Wildman–Crippen MR) is 60.4 cm³/mol. The number of morpholine rings is 1. The van der Waals surface area contributed by atoms with Crippen LogP contribution in [0.3, 0.4) is 0 Å². The molecule has 2 unspecified atom stereocenters. The number of hydrogen-bond acceptors (Lipinski definition) is 3. The second-order valence-electron chi connectivity index (χ2n) is 5.13. The minimum atomic E-state index is -0.844. The van der Waals surface area contributed by atoms with Gasteiger partial charge in [0.2, 0.25) is 5.91 Å². The lowest BCUT2D eigenvalue weighted by Gasteiger charge is -2.41. The van der Waals surface area contributed by atoms with Gasteiger partial charge in [-0.05, 0) is 26.7 Å². The first kappa shape index (κ1) is 12.4. The topological polar surface area (TPSA) is 66.8 Å². The first-order valence-corrected chi connectivity index (χ1v) is 6.16. The normalized spacial score (nSPS) is 37.4. The van der Waals surface area contributed by atoms with Crippen LogP contribution in [-0.4, -0.2) is 47.2 Å². The first-order valence-electron chi connectivity index (χ1n) is 6.16. The van der Waals surface area contributed by atoms with Gasteiger partial charge in [-0.15, -0.1) is 0 Å². The maximum absolute atomic E-state index is 12.2. The van der Waals surface area contributed by atoms with Crippen LogP contribution < -0.4 is 0 Å². The van der Waals surface area contributed by atoms with Crippen LogP contribution in [0, 0.1) is 11.8 Å². The van der Waals surface area contributed by atoms with Crippen LogP contribution in [-0.2, 0) is 14.3 Å². The quantitative estimate of drug-likeness (QED) is 0.774. The van der Waals surface area contributed by atoms with E-state index in [1.165, 1.54) is 0 Å². The summed E-state index contributed by atoms with van der Waals surface area (Å²) in [7, 11) is 0. The van der Waals surface area contributed by atoms with Gasteiger partial charge in [0, 0.05) is 13.1 Å². The Balaban J connectivity index is 1.98. The van der Waals surface area contributed by atoms with Crippen molar-refractivity contribution in [2.75, 3.05) is 13.1 Å². The summed E-state index contributed by atoms with van der Waals surface area (Å²) in [5, 5.41) is 8.96. The highest BCUT2D eigenvalue weighted by atomic mass is 16.5. The Morgan fingerprint density at radius 2 is 1.65 bits per heavy atom. The van der Waals surface area contributed by atoms with Crippen molar-refractivity contribution in [2.24, 2.45) is 11.8 Å². The number of rotatable bonds is 2. The molecule has 1 heterocycles. The lowest BCUT2D eigenvalue weighted by Crippen LogP contribution is -2.53. The van der Waals surface area contributed by atoms with Gasteiger partial charge in [-0.25, -0.2) is 0 Å². The van der Waals surface area contributed by atoms with Crippen molar-refractivity contribution < 1.29 is 19.4 Å². The summed E-state index contributed by atoms with van der Waals surface area (Å²) in [6.45, 7) is 5.02. The lowest BCUT2D eigenvalue weighted by molar-refractivity contribution is -0.162. The van der Waals surface area contributed by atoms with Crippen LogP contribution in [0.25, 0.3) is 0 Å². The molecular formula is C12H19NO4. The molecule has 0 bridgehead atoms. The maximum atomic E-state index is 12.2. The number of ether oxygens (including phenoxy) is 1. The summed E-state index contributed by atoms with van der Waals surface area (Å²) >= 11 is 0. The van der Waals surface area contributed by atoms with E-state index >= 15 is 0 Å². The van der Waals surface area contributed by atoms with Gasteiger partial charge in [0.15, 0.2) is 0 Å². The summed E-state index contributed by atoms with van der Waals surface area (Å²) in [6, 6.07) is 0. The van der Waals surface area contributed by atoms with Crippen molar-refractivity contribution in [2.45, 2.75) is 38.9 Å². The third kappa shape index (κ3) is 2.44. The second-order valence-corrected chi connectivity index (χ2v) is 5.13. The summed E-state index contributed by atoms with van der Waals surface area (Å²) in [5.74, 6) is -1.64. The average molecular weight is 241 g/mol. The summed E-state index contributed by atoms with van der Waals surface area (Å²) in [4.78, 5) is 24.9. The number of carbonyl (C=O) groups excluding carboxylic acids is 1. The first-order chi connectivity index (χ1) is 7.99. The minimum absolute atomic E-state index is 0.00866. The summed E-state index contributed by atoms with van der Waals surface area (Å²) in [5.41, 5.74) is 0. The smallest absolute Gasteiger partial charge is 0.307 e. The predicted octanol–water partition coefficient (Wildman–Crippen LogP) is 0.733. The largest absolute Gasteiger partial charge is 0.481 e.